The fourth-order valence-corrected chi connectivity index (χ4v) is 3.78. The first-order valence-electron chi connectivity index (χ1n) is 10.00. The number of H-pyrrole nitrogens is 1. The highest BCUT2D eigenvalue weighted by atomic mass is 35.5. The molecule has 0 aliphatic rings. The van der Waals surface area contributed by atoms with Gasteiger partial charge in [0.25, 0.3) is 5.91 Å². The van der Waals surface area contributed by atoms with E-state index in [1.54, 1.807) is 0 Å². The van der Waals surface area contributed by atoms with Gasteiger partial charge in [-0.25, -0.2) is 9.97 Å². The van der Waals surface area contributed by atoms with Crippen molar-refractivity contribution in [3.63, 3.8) is 0 Å². The lowest BCUT2D eigenvalue weighted by atomic mass is 10.0. The fourth-order valence-electron chi connectivity index (χ4n) is 3.65. The Balaban J connectivity index is 1.51. The summed E-state index contributed by atoms with van der Waals surface area (Å²) in [5.74, 6) is 0.535. The number of benzene rings is 3. The van der Waals surface area contributed by atoms with Gasteiger partial charge in [-0.3, -0.25) is 4.79 Å². The molecule has 5 aromatic rings. The number of fused-ring (bicyclic) bond motifs is 2. The highest BCUT2D eigenvalue weighted by molar-refractivity contribution is 6.30. The predicted octanol–water partition coefficient (Wildman–Crippen LogP) is 5.92. The molecule has 6 heteroatoms. The Bertz CT molecular complexity index is 1380. The monoisotopic (exact) mass is 426 g/mol. The van der Waals surface area contributed by atoms with E-state index in [2.05, 4.69) is 15.3 Å². The Morgan fingerprint density at radius 3 is 2.42 bits per heavy atom. The summed E-state index contributed by atoms with van der Waals surface area (Å²) in [5.41, 5.74) is 4.76. The average molecular weight is 427 g/mol. The molecule has 5 nitrogen and oxygen atoms in total. The van der Waals surface area contributed by atoms with E-state index in [0.717, 1.165) is 33.2 Å². The van der Waals surface area contributed by atoms with Crippen LogP contribution < -0.4 is 5.32 Å². The summed E-state index contributed by atoms with van der Waals surface area (Å²) in [6.45, 7) is 1.92. The van der Waals surface area contributed by atoms with Crippen LogP contribution in [-0.2, 0) is 0 Å². The molecule has 2 heterocycles. The van der Waals surface area contributed by atoms with Crippen molar-refractivity contribution >= 4 is 39.4 Å². The van der Waals surface area contributed by atoms with Gasteiger partial charge >= 0.3 is 0 Å². The standard InChI is InChI=1S/C25H19ClN4O/c1-15(24-29-21-8-4-5-9-22(21)30-24)27-25(31)19-14-23(16-10-12-17(26)13-11-16)28-20-7-3-2-6-18(19)20/h2-15H,1H3,(H,27,31)(H,29,30). The molecule has 2 aromatic heterocycles. The zero-order valence-electron chi connectivity index (χ0n) is 16.8. The summed E-state index contributed by atoms with van der Waals surface area (Å²) >= 11 is 6.03. The quantitative estimate of drug-likeness (QED) is 0.374. The topological polar surface area (TPSA) is 70.7 Å². The highest BCUT2D eigenvalue weighted by Gasteiger charge is 2.18. The number of aromatic amines is 1. The van der Waals surface area contributed by atoms with Crippen molar-refractivity contribution in [3.8, 4) is 11.3 Å². The van der Waals surface area contributed by atoms with Crippen LogP contribution in [0.5, 0.6) is 0 Å². The molecule has 1 unspecified atom stereocenters. The third-order valence-electron chi connectivity index (χ3n) is 5.27. The third kappa shape index (κ3) is 3.76. The normalized spacial score (nSPS) is 12.2. The van der Waals surface area contributed by atoms with Gasteiger partial charge in [0.1, 0.15) is 5.82 Å². The smallest absolute Gasteiger partial charge is 0.252 e. The van der Waals surface area contributed by atoms with Gasteiger partial charge in [-0.2, -0.15) is 0 Å². The minimum atomic E-state index is -0.286. The van der Waals surface area contributed by atoms with E-state index in [0.29, 0.717) is 16.4 Å². The van der Waals surface area contributed by atoms with Crippen LogP contribution in [0.25, 0.3) is 33.2 Å². The molecular formula is C25H19ClN4O. The Morgan fingerprint density at radius 1 is 0.935 bits per heavy atom. The van der Waals surface area contributed by atoms with Crippen molar-refractivity contribution in [1.82, 2.24) is 20.3 Å². The van der Waals surface area contributed by atoms with E-state index >= 15 is 0 Å². The second kappa shape index (κ2) is 7.85. The molecule has 0 spiro atoms. The Hall–Kier alpha value is -3.70. The van der Waals surface area contributed by atoms with E-state index in [9.17, 15) is 4.79 Å². The van der Waals surface area contributed by atoms with E-state index in [-0.39, 0.29) is 11.9 Å². The number of amides is 1. The Kier molecular flexibility index (Phi) is 4.88. The predicted molar refractivity (Wildman–Crippen MR) is 124 cm³/mol. The maximum Gasteiger partial charge on any atom is 0.252 e. The summed E-state index contributed by atoms with van der Waals surface area (Å²) in [5, 5.41) is 4.53. The number of aromatic nitrogens is 3. The van der Waals surface area contributed by atoms with Gasteiger partial charge in [0.15, 0.2) is 0 Å². The molecular weight excluding hydrogens is 408 g/mol. The number of hydrogen-bond donors (Lipinski definition) is 2. The average Bonchev–Trinajstić information content (AvgIpc) is 3.23. The van der Waals surface area contributed by atoms with Crippen LogP contribution in [0.4, 0.5) is 0 Å². The van der Waals surface area contributed by atoms with Crippen molar-refractivity contribution < 1.29 is 4.79 Å². The van der Waals surface area contributed by atoms with Gasteiger partial charge in [0.2, 0.25) is 0 Å². The van der Waals surface area contributed by atoms with Crippen molar-refractivity contribution in [2.75, 3.05) is 0 Å². The lowest BCUT2D eigenvalue weighted by Crippen LogP contribution is -2.27. The molecule has 2 N–H and O–H groups in total. The first kappa shape index (κ1) is 19.3. The lowest BCUT2D eigenvalue weighted by Gasteiger charge is -2.14. The Labute approximate surface area is 184 Å². The molecule has 0 saturated heterocycles. The van der Waals surface area contributed by atoms with Gasteiger partial charge in [-0.05, 0) is 43.3 Å². The number of para-hydroxylation sites is 3. The first-order chi connectivity index (χ1) is 15.1. The maximum atomic E-state index is 13.3. The molecule has 0 fully saturated rings. The van der Waals surface area contributed by atoms with E-state index < -0.39 is 0 Å². The van der Waals surface area contributed by atoms with Crippen LogP contribution in [0, 0.1) is 0 Å². The summed E-state index contributed by atoms with van der Waals surface area (Å²) in [7, 11) is 0. The molecule has 0 bridgehead atoms. The Morgan fingerprint density at radius 2 is 1.65 bits per heavy atom. The van der Waals surface area contributed by atoms with Crippen LogP contribution in [0.1, 0.15) is 29.1 Å². The van der Waals surface area contributed by atoms with Gasteiger partial charge in [0.05, 0.1) is 33.8 Å². The fraction of sp³-hybridized carbons (Fsp3) is 0.0800. The summed E-state index contributed by atoms with van der Waals surface area (Å²) < 4.78 is 0. The third-order valence-corrected chi connectivity index (χ3v) is 5.52. The van der Waals surface area contributed by atoms with E-state index in [1.165, 1.54) is 0 Å². The molecule has 31 heavy (non-hydrogen) atoms. The van der Waals surface area contributed by atoms with Gasteiger partial charge < -0.3 is 10.3 Å². The number of nitrogens with one attached hydrogen (secondary N) is 2. The number of rotatable bonds is 4. The van der Waals surface area contributed by atoms with E-state index in [4.69, 9.17) is 16.6 Å². The molecule has 1 atom stereocenters. The number of carbonyl (C=O) groups excluding carboxylic acids is 1. The SMILES string of the molecule is CC(NC(=O)c1cc(-c2ccc(Cl)cc2)nc2ccccc12)c1nc2ccccc2[nH]1. The second-order valence-electron chi connectivity index (χ2n) is 7.41. The van der Waals surface area contributed by atoms with E-state index in [1.807, 2.05) is 85.8 Å². The van der Waals surface area contributed by atoms with Gasteiger partial charge in [-0.1, -0.05) is 54.1 Å². The molecule has 1 amide bonds. The lowest BCUT2D eigenvalue weighted by molar-refractivity contribution is 0.0940. The van der Waals surface area contributed by atoms with Crippen LogP contribution in [0.2, 0.25) is 5.02 Å². The minimum absolute atomic E-state index is 0.179. The van der Waals surface area contributed by atoms with Crippen LogP contribution in [-0.4, -0.2) is 20.9 Å². The van der Waals surface area contributed by atoms with Gasteiger partial charge in [-0.15, -0.1) is 0 Å². The summed E-state index contributed by atoms with van der Waals surface area (Å²) in [6.07, 6.45) is 0. The molecule has 3 aromatic carbocycles. The second-order valence-corrected chi connectivity index (χ2v) is 7.85. The van der Waals surface area contributed by atoms with Crippen LogP contribution in [0.3, 0.4) is 0 Å². The number of nitrogens with zero attached hydrogens (tertiary/aromatic N) is 2. The number of imidazole rings is 1. The zero-order valence-corrected chi connectivity index (χ0v) is 17.5. The van der Waals surface area contributed by atoms with Gasteiger partial charge in [0, 0.05) is 16.0 Å². The minimum Gasteiger partial charge on any atom is -0.342 e. The van der Waals surface area contributed by atoms with Crippen LogP contribution in [0.15, 0.2) is 78.9 Å². The van der Waals surface area contributed by atoms with Crippen molar-refractivity contribution in [2.45, 2.75) is 13.0 Å². The van der Waals surface area contributed by atoms with Crippen LogP contribution >= 0.6 is 11.6 Å². The van der Waals surface area contributed by atoms with Crippen molar-refractivity contribution in [3.05, 3.63) is 95.3 Å². The van der Waals surface area contributed by atoms with Crippen molar-refractivity contribution in [2.24, 2.45) is 0 Å². The van der Waals surface area contributed by atoms with Crippen molar-refractivity contribution in [1.29, 1.82) is 0 Å². The molecule has 0 aliphatic carbocycles. The molecule has 0 aliphatic heterocycles. The number of pyridine rings is 1. The highest BCUT2D eigenvalue weighted by Crippen LogP contribution is 2.26. The summed E-state index contributed by atoms with van der Waals surface area (Å²) in [4.78, 5) is 25.9. The zero-order chi connectivity index (χ0) is 21.4. The molecule has 0 saturated carbocycles. The molecule has 0 radical (unpaired) electrons. The number of hydrogen-bond acceptors (Lipinski definition) is 3. The number of carbonyl (C=O) groups is 1. The first-order valence-corrected chi connectivity index (χ1v) is 10.4. The molecule has 152 valence electrons. The summed E-state index contributed by atoms with van der Waals surface area (Å²) in [6, 6.07) is 24.4. The molecule has 5 rings (SSSR count). The largest absolute Gasteiger partial charge is 0.342 e. The maximum absolute atomic E-state index is 13.3. The number of halogens is 1.